The fourth-order valence-corrected chi connectivity index (χ4v) is 6.46. The standard InChI is InChI=1S/C31H26F4N2O8S/c1-44-24-14-23(32)25(45-15-16-4-2-5-19(10-16)30(40)41)13-22(24)28(38)37-27-18-9-8-17(11-18)26(27)29(39)36-20-6-3-7-21(12-20)46(42,43)31(33,34)35/h2-10,12-14,17-18,26-27H,11,15H2,1H3,(H,36,39)(H,37,38)(H,40,41)/t17-,18+,26?,27-/m1/s1. The van der Waals surface area contributed by atoms with Crippen LogP contribution in [0.4, 0.5) is 23.2 Å². The van der Waals surface area contributed by atoms with Crippen LogP contribution >= 0.6 is 0 Å². The largest absolute Gasteiger partial charge is 0.501 e. The topological polar surface area (TPSA) is 148 Å². The van der Waals surface area contributed by atoms with E-state index >= 15 is 0 Å². The van der Waals surface area contributed by atoms with Crippen molar-refractivity contribution in [1.82, 2.24) is 5.32 Å². The van der Waals surface area contributed by atoms with Crippen LogP contribution < -0.4 is 20.1 Å². The zero-order valence-corrected chi connectivity index (χ0v) is 24.7. The second-order valence-corrected chi connectivity index (χ2v) is 12.7. The third kappa shape index (κ3) is 6.40. The molecule has 2 aliphatic rings. The van der Waals surface area contributed by atoms with Crippen molar-refractivity contribution in [3.8, 4) is 11.5 Å². The molecule has 2 bridgehead atoms. The Bertz CT molecular complexity index is 1840. The molecule has 0 saturated heterocycles. The van der Waals surface area contributed by atoms with Gasteiger partial charge in [-0.1, -0.05) is 30.4 Å². The number of rotatable bonds is 10. The van der Waals surface area contributed by atoms with Gasteiger partial charge in [-0.2, -0.15) is 13.2 Å². The molecule has 0 heterocycles. The molecule has 0 spiro atoms. The number of fused-ring (bicyclic) bond motifs is 2. The van der Waals surface area contributed by atoms with Gasteiger partial charge < -0.3 is 25.2 Å². The smallest absolute Gasteiger partial charge is 0.496 e. The number of aromatic carboxylic acids is 1. The lowest BCUT2D eigenvalue weighted by Crippen LogP contribution is -2.47. The minimum atomic E-state index is -5.65. The molecule has 0 aliphatic heterocycles. The van der Waals surface area contributed by atoms with Gasteiger partial charge in [0.2, 0.25) is 5.91 Å². The summed E-state index contributed by atoms with van der Waals surface area (Å²) in [6.45, 7) is -0.212. The van der Waals surface area contributed by atoms with E-state index in [1.807, 2.05) is 6.08 Å². The number of carbonyl (C=O) groups is 3. The van der Waals surface area contributed by atoms with Crippen molar-refractivity contribution in [2.45, 2.75) is 29.5 Å². The van der Waals surface area contributed by atoms with E-state index in [0.29, 0.717) is 18.1 Å². The zero-order valence-electron chi connectivity index (χ0n) is 23.9. The molecule has 0 radical (unpaired) electrons. The van der Waals surface area contributed by atoms with Gasteiger partial charge in [-0.25, -0.2) is 17.6 Å². The van der Waals surface area contributed by atoms with Gasteiger partial charge in [-0.3, -0.25) is 9.59 Å². The molecule has 1 unspecified atom stereocenters. The highest BCUT2D eigenvalue weighted by atomic mass is 32.2. The lowest BCUT2D eigenvalue weighted by atomic mass is 9.87. The van der Waals surface area contributed by atoms with Gasteiger partial charge in [0.25, 0.3) is 15.7 Å². The summed E-state index contributed by atoms with van der Waals surface area (Å²) in [5, 5.41) is 14.5. The molecule has 0 aromatic heterocycles. The highest BCUT2D eigenvalue weighted by Crippen LogP contribution is 2.45. The Morgan fingerprint density at radius 2 is 1.70 bits per heavy atom. The van der Waals surface area contributed by atoms with Crippen LogP contribution in [0.25, 0.3) is 0 Å². The van der Waals surface area contributed by atoms with E-state index in [1.165, 1.54) is 31.4 Å². The van der Waals surface area contributed by atoms with Crippen molar-refractivity contribution in [2.75, 3.05) is 12.4 Å². The molecule has 10 nitrogen and oxygen atoms in total. The summed E-state index contributed by atoms with van der Waals surface area (Å²) in [6, 6.07) is 10.9. The summed E-state index contributed by atoms with van der Waals surface area (Å²) < 4.78 is 88.5. The van der Waals surface area contributed by atoms with Crippen LogP contribution in [0.1, 0.15) is 32.7 Å². The fraction of sp³-hybridized carbons (Fsp3) is 0.258. The van der Waals surface area contributed by atoms with Crippen molar-refractivity contribution < 1.29 is 54.9 Å². The molecule has 4 atom stereocenters. The van der Waals surface area contributed by atoms with Crippen molar-refractivity contribution in [3.63, 3.8) is 0 Å². The molecular weight excluding hydrogens is 636 g/mol. The van der Waals surface area contributed by atoms with E-state index in [2.05, 4.69) is 10.6 Å². The monoisotopic (exact) mass is 662 g/mol. The van der Waals surface area contributed by atoms with Gasteiger partial charge in [0, 0.05) is 17.8 Å². The van der Waals surface area contributed by atoms with E-state index < -0.39 is 55.8 Å². The first-order valence-electron chi connectivity index (χ1n) is 13.7. The predicted octanol–water partition coefficient (Wildman–Crippen LogP) is 4.96. The Kier molecular flexibility index (Phi) is 8.80. The Morgan fingerprint density at radius 1 is 0.978 bits per heavy atom. The molecule has 1 fully saturated rings. The predicted molar refractivity (Wildman–Crippen MR) is 154 cm³/mol. The summed E-state index contributed by atoms with van der Waals surface area (Å²) in [4.78, 5) is 37.1. The molecule has 3 N–H and O–H groups in total. The maximum atomic E-state index is 14.9. The second kappa shape index (κ2) is 12.5. The van der Waals surface area contributed by atoms with E-state index in [9.17, 15) is 45.5 Å². The summed E-state index contributed by atoms with van der Waals surface area (Å²) in [5.74, 6) is -5.29. The number of allylic oxidation sites excluding steroid dienone is 1. The van der Waals surface area contributed by atoms with Gasteiger partial charge >= 0.3 is 11.5 Å². The average molecular weight is 663 g/mol. The molecule has 3 aromatic carbocycles. The summed E-state index contributed by atoms with van der Waals surface area (Å²) in [5.41, 5.74) is -5.38. The molecule has 2 aliphatic carbocycles. The van der Waals surface area contributed by atoms with E-state index in [-0.39, 0.29) is 46.8 Å². The van der Waals surface area contributed by atoms with Crippen molar-refractivity contribution in [3.05, 3.63) is 95.3 Å². The van der Waals surface area contributed by atoms with Gasteiger partial charge in [0.1, 0.15) is 12.4 Å². The lowest BCUT2D eigenvalue weighted by Gasteiger charge is -2.28. The highest BCUT2D eigenvalue weighted by Gasteiger charge is 2.49. The fourth-order valence-electron chi connectivity index (χ4n) is 5.65. The first kappa shape index (κ1) is 32.5. The van der Waals surface area contributed by atoms with Gasteiger partial charge in [-0.15, -0.1) is 0 Å². The third-order valence-electron chi connectivity index (χ3n) is 7.84. The number of alkyl halides is 3. The number of benzene rings is 3. The lowest BCUT2D eigenvalue weighted by molar-refractivity contribution is -0.121. The molecule has 5 rings (SSSR count). The first-order valence-corrected chi connectivity index (χ1v) is 15.2. The van der Waals surface area contributed by atoms with Crippen LogP contribution in [-0.2, 0) is 21.2 Å². The number of amides is 2. The van der Waals surface area contributed by atoms with Crippen molar-refractivity contribution in [2.24, 2.45) is 17.8 Å². The number of carbonyl (C=O) groups excluding carboxylic acids is 2. The molecule has 242 valence electrons. The second-order valence-electron chi connectivity index (χ2n) is 10.7. The highest BCUT2D eigenvalue weighted by molar-refractivity contribution is 7.92. The minimum absolute atomic E-state index is 0.00826. The third-order valence-corrected chi connectivity index (χ3v) is 9.33. The number of anilines is 1. The van der Waals surface area contributed by atoms with E-state index in [4.69, 9.17) is 9.47 Å². The van der Waals surface area contributed by atoms with E-state index in [0.717, 1.165) is 24.3 Å². The van der Waals surface area contributed by atoms with Crippen LogP contribution in [-0.4, -0.2) is 50.0 Å². The Hall–Kier alpha value is -4.92. The Labute approximate surface area is 259 Å². The molecule has 3 aromatic rings. The zero-order chi connectivity index (χ0) is 33.4. The molecule has 1 saturated carbocycles. The normalized spacial score (nSPS) is 20.3. The number of methoxy groups -OCH3 is 1. The molecular formula is C31H26F4N2O8S. The van der Waals surface area contributed by atoms with Gasteiger partial charge in [0.15, 0.2) is 11.6 Å². The quantitative estimate of drug-likeness (QED) is 0.204. The summed E-state index contributed by atoms with van der Waals surface area (Å²) in [6.07, 6.45) is 4.12. The van der Waals surface area contributed by atoms with Crippen LogP contribution in [0.3, 0.4) is 0 Å². The Balaban J connectivity index is 1.34. The minimum Gasteiger partial charge on any atom is -0.496 e. The average Bonchev–Trinajstić information content (AvgIpc) is 3.62. The van der Waals surface area contributed by atoms with Crippen molar-refractivity contribution >= 4 is 33.3 Å². The molecule has 15 heteroatoms. The number of sulfone groups is 1. The van der Waals surface area contributed by atoms with Crippen LogP contribution in [0.2, 0.25) is 0 Å². The van der Waals surface area contributed by atoms with Crippen LogP contribution in [0.15, 0.2) is 77.7 Å². The Morgan fingerprint density at radius 3 is 2.39 bits per heavy atom. The maximum Gasteiger partial charge on any atom is 0.501 e. The summed E-state index contributed by atoms with van der Waals surface area (Å²) >= 11 is 0. The summed E-state index contributed by atoms with van der Waals surface area (Å²) in [7, 11) is -4.42. The van der Waals surface area contributed by atoms with Gasteiger partial charge in [0.05, 0.1) is 29.1 Å². The number of hydrogen-bond donors (Lipinski definition) is 3. The van der Waals surface area contributed by atoms with Gasteiger partial charge in [-0.05, 0) is 60.2 Å². The number of halogens is 4. The van der Waals surface area contributed by atoms with E-state index in [1.54, 1.807) is 12.1 Å². The number of hydrogen-bond acceptors (Lipinski definition) is 7. The van der Waals surface area contributed by atoms with Crippen LogP contribution in [0.5, 0.6) is 11.5 Å². The molecule has 2 amide bonds. The SMILES string of the molecule is COc1cc(F)c(OCc2cccc(C(=O)O)c2)cc1C(=O)N[C@H]1C(C(=O)Nc2cccc(S(=O)(=O)C(F)(F)F)c2)[C@@H]2C=C[C@H]1C2. The number of carboxylic acids is 1. The van der Waals surface area contributed by atoms with Crippen LogP contribution in [0, 0.1) is 23.6 Å². The van der Waals surface area contributed by atoms with Crippen molar-refractivity contribution in [1.29, 1.82) is 0 Å². The number of carboxylic acid groups (broad SMARTS) is 1. The molecule has 46 heavy (non-hydrogen) atoms. The number of nitrogens with one attached hydrogen (secondary N) is 2. The number of ether oxygens (including phenoxy) is 2. The maximum absolute atomic E-state index is 14.9. The first-order chi connectivity index (χ1) is 21.7.